The predicted octanol–water partition coefficient (Wildman–Crippen LogP) is 3.46. The Hall–Kier alpha value is -2.54. The summed E-state index contributed by atoms with van der Waals surface area (Å²) in [6.07, 6.45) is 0.911. The third-order valence-corrected chi connectivity index (χ3v) is 3.52. The molecule has 4 nitrogen and oxygen atoms in total. The molecule has 0 spiro atoms. The number of carbonyl (C=O) groups is 1. The summed E-state index contributed by atoms with van der Waals surface area (Å²) in [5.74, 6) is 0.0895. The summed E-state index contributed by atoms with van der Waals surface area (Å²) in [6, 6.07) is 13.1. The van der Waals surface area contributed by atoms with E-state index in [1.165, 1.54) is 5.56 Å². The first-order valence-corrected chi connectivity index (χ1v) is 7.26. The lowest BCUT2D eigenvalue weighted by molar-refractivity contribution is 0.0982. The van der Waals surface area contributed by atoms with Gasteiger partial charge < -0.3 is 0 Å². The predicted molar refractivity (Wildman–Crippen MR) is 84.5 cm³/mol. The van der Waals surface area contributed by atoms with E-state index in [-0.39, 0.29) is 16.9 Å². The molecule has 0 saturated heterocycles. The molecule has 0 aliphatic rings. The van der Waals surface area contributed by atoms with Gasteiger partial charge in [-0.3, -0.25) is 4.79 Å². The number of Topliss-reactive ketones (excluding diaryl/α,β-unsaturated/α-hetero) is 1. The van der Waals surface area contributed by atoms with E-state index in [1.54, 1.807) is 12.1 Å². The molecule has 1 aromatic heterocycles. The lowest BCUT2D eigenvalue weighted by Crippen LogP contribution is -2.11. The molecule has 22 heavy (non-hydrogen) atoms. The number of hydrogen-bond acceptors (Lipinski definition) is 4. The minimum atomic E-state index is 0.0830. The van der Waals surface area contributed by atoms with Gasteiger partial charge in [-0.15, -0.1) is 5.10 Å². The number of ketones is 1. The number of aryl methyl sites for hydroxylation is 1. The Bertz CT molecular complexity index is 689. The van der Waals surface area contributed by atoms with Gasteiger partial charge in [0.25, 0.3) is 0 Å². The third kappa shape index (κ3) is 3.98. The molecular formula is C18H19N3O. The van der Waals surface area contributed by atoms with Crippen molar-refractivity contribution in [2.24, 2.45) is 0 Å². The van der Waals surface area contributed by atoms with Crippen molar-refractivity contribution in [3.05, 3.63) is 58.9 Å². The fourth-order valence-corrected chi connectivity index (χ4v) is 2.09. The summed E-state index contributed by atoms with van der Waals surface area (Å²) < 4.78 is 0. The third-order valence-electron chi connectivity index (χ3n) is 3.52. The van der Waals surface area contributed by atoms with Crippen LogP contribution in [-0.4, -0.2) is 16.0 Å². The molecule has 0 radical (unpaired) electrons. The molecule has 0 atom stereocenters. The lowest BCUT2D eigenvalue weighted by atomic mass is 9.86. The van der Waals surface area contributed by atoms with E-state index < -0.39 is 0 Å². The van der Waals surface area contributed by atoms with E-state index in [1.807, 2.05) is 30.3 Å². The van der Waals surface area contributed by atoms with Gasteiger partial charge in [-0.05, 0) is 29.5 Å². The fraction of sp³-hybridized carbons (Fsp3) is 0.333. The molecule has 0 bridgehead atoms. The van der Waals surface area contributed by atoms with Crippen LogP contribution in [0.4, 0.5) is 0 Å². The molecular weight excluding hydrogens is 274 g/mol. The highest BCUT2D eigenvalue weighted by molar-refractivity contribution is 5.96. The van der Waals surface area contributed by atoms with E-state index >= 15 is 0 Å². The molecule has 0 fully saturated rings. The zero-order chi connectivity index (χ0) is 16.2. The zero-order valence-corrected chi connectivity index (χ0v) is 13.1. The normalized spacial score (nSPS) is 11.0. The standard InChI is InChI=1S/C18H19N3O/c1-18(2,3)14-6-4-13(5-7-14)17(22)11-10-15-8-9-16(12-19)21-20-15/h4-9H,10-11H2,1-3H3. The van der Waals surface area contributed by atoms with Crippen LogP contribution in [0.5, 0.6) is 0 Å². The van der Waals surface area contributed by atoms with Gasteiger partial charge in [0.05, 0.1) is 5.69 Å². The number of benzene rings is 1. The molecule has 4 heteroatoms. The van der Waals surface area contributed by atoms with Crippen LogP contribution >= 0.6 is 0 Å². The van der Waals surface area contributed by atoms with Gasteiger partial charge in [-0.2, -0.15) is 10.4 Å². The molecule has 0 aliphatic heterocycles. The van der Waals surface area contributed by atoms with Crippen LogP contribution < -0.4 is 0 Å². The number of nitrogens with zero attached hydrogens (tertiary/aromatic N) is 3. The van der Waals surface area contributed by atoms with Crippen molar-refractivity contribution in [3.63, 3.8) is 0 Å². The maximum Gasteiger partial charge on any atom is 0.163 e. The molecule has 0 N–H and O–H groups in total. The Morgan fingerprint density at radius 2 is 1.77 bits per heavy atom. The molecule has 2 rings (SSSR count). The summed E-state index contributed by atoms with van der Waals surface area (Å²) in [5, 5.41) is 16.4. The van der Waals surface area contributed by atoms with Crippen molar-refractivity contribution in [1.82, 2.24) is 10.2 Å². The molecule has 0 saturated carbocycles. The summed E-state index contributed by atoms with van der Waals surface area (Å²) >= 11 is 0. The highest BCUT2D eigenvalue weighted by atomic mass is 16.1. The fourth-order valence-electron chi connectivity index (χ4n) is 2.09. The summed E-state index contributed by atoms with van der Waals surface area (Å²) in [5.41, 5.74) is 3.02. The van der Waals surface area contributed by atoms with Crippen LogP contribution in [0.2, 0.25) is 0 Å². The summed E-state index contributed by atoms with van der Waals surface area (Å²) in [6.45, 7) is 6.44. The molecule has 1 heterocycles. The largest absolute Gasteiger partial charge is 0.294 e. The topological polar surface area (TPSA) is 66.6 Å². The molecule has 1 aromatic carbocycles. The van der Waals surface area contributed by atoms with Crippen LogP contribution in [-0.2, 0) is 11.8 Å². The highest BCUT2D eigenvalue weighted by Crippen LogP contribution is 2.22. The molecule has 2 aromatic rings. The minimum absolute atomic E-state index is 0.0830. The molecule has 112 valence electrons. The highest BCUT2D eigenvalue weighted by Gasteiger charge is 2.14. The van der Waals surface area contributed by atoms with Crippen LogP contribution in [0.3, 0.4) is 0 Å². The Morgan fingerprint density at radius 3 is 2.27 bits per heavy atom. The first-order chi connectivity index (χ1) is 10.4. The van der Waals surface area contributed by atoms with Gasteiger partial charge in [0.2, 0.25) is 0 Å². The lowest BCUT2D eigenvalue weighted by Gasteiger charge is -2.18. The van der Waals surface area contributed by atoms with E-state index in [4.69, 9.17) is 5.26 Å². The van der Waals surface area contributed by atoms with Gasteiger partial charge >= 0.3 is 0 Å². The van der Waals surface area contributed by atoms with E-state index in [0.29, 0.717) is 12.8 Å². The molecule has 0 amide bonds. The van der Waals surface area contributed by atoms with Crippen LogP contribution in [0.15, 0.2) is 36.4 Å². The number of carbonyl (C=O) groups excluding carboxylic acids is 1. The van der Waals surface area contributed by atoms with Gasteiger partial charge in [-0.25, -0.2) is 0 Å². The second kappa shape index (κ2) is 6.48. The summed E-state index contributed by atoms with van der Waals surface area (Å²) in [4.78, 5) is 12.2. The molecule has 0 aliphatic carbocycles. The van der Waals surface area contributed by atoms with Gasteiger partial charge in [-0.1, -0.05) is 45.0 Å². The zero-order valence-electron chi connectivity index (χ0n) is 13.1. The average molecular weight is 293 g/mol. The smallest absolute Gasteiger partial charge is 0.163 e. The Labute approximate surface area is 130 Å². The number of aromatic nitrogens is 2. The van der Waals surface area contributed by atoms with Gasteiger partial charge in [0.1, 0.15) is 6.07 Å². The van der Waals surface area contributed by atoms with Gasteiger partial charge in [0, 0.05) is 12.0 Å². The second-order valence-electron chi connectivity index (χ2n) is 6.27. The van der Waals surface area contributed by atoms with Crippen molar-refractivity contribution in [2.45, 2.75) is 39.0 Å². The van der Waals surface area contributed by atoms with E-state index in [2.05, 4.69) is 31.0 Å². The first-order valence-electron chi connectivity index (χ1n) is 7.26. The average Bonchev–Trinajstić information content (AvgIpc) is 2.52. The SMILES string of the molecule is CC(C)(C)c1ccc(C(=O)CCc2ccc(C#N)nn2)cc1. The summed E-state index contributed by atoms with van der Waals surface area (Å²) in [7, 11) is 0. The molecule has 0 unspecified atom stereocenters. The van der Waals surface area contributed by atoms with Crippen molar-refractivity contribution in [3.8, 4) is 6.07 Å². The van der Waals surface area contributed by atoms with Gasteiger partial charge in [0.15, 0.2) is 11.5 Å². The second-order valence-corrected chi connectivity index (χ2v) is 6.27. The van der Waals surface area contributed by atoms with Crippen molar-refractivity contribution in [1.29, 1.82) is 5.26 Å². The first kappa shape index (κ1) is 15.8. The Kier molecular flexibility index (Phi) is 4.67. The monoisotopic (exact) mass is 293 g/mol. The van der Waals surface area contributed by atoms with Crippen molar-refractivity contribution >= 4 is 5.78 Å². The quantitative estimate of drug-likeness (QED) is 0.810. The van der Waals surface area contributed by atoms with E-state index in [9.17, 15) is 4.79 Å². The van der Waals surface area contributed by atoms with E-state index in [0.717, 1.165) is 11.3 Å². The van der Waals surface area contributed by atoms with Crippen molar-refractivity contribution < 1.29 is 4.79 Å². The number of hydrogen-bond donors (Lipinski definition) is 0. The number of rotatable bonds is 4. The van der Waals surface area contributed by atoms with Crippen LogP contribution in [0.25, 0.3) is 0 Å². The maximum atomic E-state index is 12.2. The maximum absolute atomic E-state index is 12.2. The number of nitriles is 1. The Morgan fingerprint density at radius 1 is 1.09 bits per heavy atom. The van der Waals surface area contributed by atoms with Crippen LogP contribution in [0.1, 0.15) is 54.5 Å². The van der Waals surface area contributed by atoms with Crippen LogP contribution in [0, 0.1) is 11.3 Å². The Balaban J connectivity index is 1.98. The van der Waals surface area contributed by atoms with Crippen molar-refractivity contribution in [2.75, 3.05) is 0 Å². The minimum Gasteiger partial charge on any atom is -0.294 e.